The Balaban J connectivity index is 1.80. The number of carbonyl (C=O) groups excluding carboxylic acids is 1. The molecule has 0 fully saturated rings. The van der Waals surface area contributed by atoms with Crippen molar-refractivity contribution in [3.05, 3.63) is 60.3 Å². The molecule has 1 aromatic heterocycles. The van der Waals surface area contributed by atoms with Crippen LogP contribution in [0.3, 0.4) is 0 Å². The molecule has 0 radical (unpaired) electrons. The van der Waals surface area contributed by atoms with Gasteiger partial charge >= 0.3 is 6.03 Å². The van der Waals surface area contributed by atoms with Gasteiger partial charge in [-0.05, 0) is 30.7 Å². The minimum atomic E-state index is -0.254. The van der Waals surface area contributed by atoms with Crippen LogP contribution in [0.1, 0.15) is 5.56 Å². The van der Waals surface area contributed by atoms with Gasteiger partial charge in [0, 0.05) is 30.9 Å². The third kappa shape index (κ3) is 3.58. The fourth-order valence-corrected chi connectivity index (χ4v) is 2.73. The first-order valence-electron chi connectivity index (χ1n) is 7.89. The third-order valence-corrected chi connectivity index (χ3v) is 3.85. The molecule has 5 nitrogen and oxygen atoms in total. The highest BCUT2D eigenvalue weighted by Gasteiger charge is 2.11. The van der Waals surface area contributed by atoms with Crippen molar-refractivity contribution in [1.82, 2.24) is 4.57 Å². The average Bonchev–Trinajstić information content (AvgIpc) is 2.91. The molecule has 3 rings (SSSR count). The second kappa shape index (κ2) is 7.19. The smallest absolute Gasteiger partial charge is 0.323 e. The van der Waals surface area contributed by atoms with Gasteiger partial charge in [-0.25, -0.2) is 4.79 Å². The van der Waals surface area contributed by atoms with Gasteiger partial charge in [-0.2, -0.15) is 0 Å². The lowest BCUT2D eigenvalue weighted by molar-refractivity contribution is 0.188. The van der Waals surface area contributed by atoms with Crippen LogP contribution in [0.5, 0.6) is 0 Å². The SMILES string of the molecule is COCCn1cc(NC(=O)Nc2cccc(C)c2)c2ccccc21. The molecule has 2 amide bonds. The summed E-state index contributed by atoms with van der Waals surface area (Å²) in [6.45, 7) is 3.35. The van der Waals surface area contributed by atoms with Crippen molar-refractivity contribution in [2.45, 2.75) is 13.5 Å². The summed E-state index contributed by atoms with van der Waals surface area (Å²) in [5, 5.41) is 6.81. The number of rotatable bonds is 5. The number of hydrogen-bond acceptors (Lipinski definition) is 2. The van der Waals surface area contributed by atoms with E-state index in [2.05, 4.69) is 15.2 Å². The number of anilines is 2. The van der Waals surface area contributed by atoms with Crippen LogP contribution < -0.4 is 10.6 Å². The molecule has 0 spiro atoms. The first-order valence-corrected chi connectivity index (χ1v) is 7.89. The molecular formula is C19H21N3O2. The van der Waals surface area contributed by atoms with Gasteiger partial charge in [0.1, 0.15) is 0 Å². The molecule has 0 atom stereocenters. The minimum absolute atomic E-state index is 0.254. The molecule has 0 saturated heterocycles. The van der Waals surface area contributed by atoms with E-state index in [1.807, 2.05) is 61.7 Å². The van der Waals surface area contributed by atoms with Crippen molar-refractivity contribution in [3.8, 4) is 0 Å². The quantitative estimate of drug-likeness (QED) is 0.738. The normalized spacial score (nSPS) is 10.8. The Morgan fingerprint density at radius 1 is 1.12 bits per heavy atom. The number of hydrogen-bond donors (Lipinski definition) is 2. The highest BCUT2D eigenvalue weighted by molar-refractivity contribution is 6.06. The molecule has 24 heavy (non-hydrogen) atoms. The number of benzene rings is 2. The highest BCUT2D eigenvalue weighted by atomic mass is 16.5. The zero-order valence-electron chi connectivity index (χ0n) is 13.9. The van der Waals surface area contributed by atoms with E-state index in [-0.39, 0.29) is 6.03 Å². The number of fused-ring (bicyclic) bond motifs is 1. The molecule has 124 valence electrons. The summed E-state index contributed by atoms with van der Waals surface area (Å²) in [5.74, 6) is 0. The van der Waals surface area contributed by atoms with Gasteiger partial charge in [0.25, 0.3) is 0 Å². The van der Waals surface area contributed by atoms with Crippen LogP contribution in [-0.2, 0) is 11.3 Å². The molecule has 0 unspecified atom stereocenters. The minimum Gasteiger partial charge on any atom is -0.383 e. The molecule has 5 heteroatoms. The molecule has 0 bridgehead atoms. The first kappa shape index (κ1) is 16.1. The molecule has 0 aliphatic rings. The number of nitrogens with zero attached hydrogens (tertiary/aromatic N) is 1. The number of carbonyl (C=O) groups is 1. The van der Waals surface area contributed by atoms with Crippen molar-refractivity contribution in [3.63, 3.8) is 0 Å². The number of ether oxygens (including phenoxy) is 1. The average molecular weight is 323 g/mol. The summed E-state index contributed by atoms with van der Waals surface area (Å²) < 4.78 is 7.24. The van der Waals surface area contributed by atoms with Crippen LogP contribution >= 0.6 is 0 Å². The lowest BCUT2D eigenvalue weighted by atomic mass is 10.2. The molecule has 0 aliphatic heterocycles. The van der Waals surface area contributed by atoms with Gasteiger partial charge in [-0.1, -0.05) is 30.3 Å². The molecule has 2 N–H and O–H groups in total. The zero-order valence-corrected chi connectivity index (χ0v) is 13.9. The Morgan fingerprint density at radius 2 is 1.96 bits per heavy atom. The number of nitrogens with one attached hydrogen (secondary N) is 2. The second-order valence-electron chi connectivity index (χ2n) is 5.69. The molecular weight excluding hydrogens is 302 g/mol. The number of amides is 2. The van der Waals surface area contributed by atoms with E-state index in [1.165, 1.54) is 0 Å². The van der Waals surface area contributed by atoms with E-state index in [0.29, 0.717) is 6.61 Å². The van der Waals surface area contributed by atoms with Gasteiger partial charge in [0.2, 0.25) is 0 Å². The summed E-state index contributed by atoms with van der Waals surface area (Å²) >= 11 is 0. The molecule has 0 saturated carbocycles. The predicted molar refractivity (Wildman–Crippen MR) is 97.6 cm³/mol. The van der Waals surface area contributed by atoms with Crippen molar-refractivity contribution < 1.29 is 9.53 Å². The van der Waals surface area contributed by atoms with E-state index < -0.39 is 0 Å². The van der Waals surface area contributed by atoms with Gasteiger partial charge in [-0.3, -0.25) is 0 Å². The largest absolute Gasteiger partial charge is 0.383 e. The predicted octanol–water partition coefficient (Wildman–Crippen LogP) is 4.24. The van der Waals surface area contributed by atoms with Crippen LogP contribution in [0.2, 0.25) is 0 Å². The fourth-order valence-electron chi connectivity index (χ4n) is 2.73. The van der Waals surface area contributed by atoms with Crippen LogP contribution in [0.4, 0.5) is 16.2 Å². The van der Waals surface area contributed by atoms with E-state index in [0.717, 1.165) is 34.4 Å². The maximum Gasteiger partial charge on any atom is 0.323 e. The monoisotopic (exact) mass is 323 g/mol. The van der Waals surface area contributed by atoms with E-state index >= 15 is 0 Å². The summed E-state index contributed by atoms with van der Waals surface area (Å²) in [7, 11) is 1.68. The number of methoxy groups -OCH3 is 1. The van der Waals surface area contributed by atoms with Crippen molar-refractivity contribution in [2.24, 2.45) is 0 Å². The van der Waals surface area contributed by atoms with E-state index in [9.17, 15) is 4.79 Å². The van der Waals surface area contributed by atoms with Crippen molar-refractivity contribution in [1.29, 1.82) is 0 Å². The Labute approximate surface area is 141 Å². The standard InChI is InChI=1S/C19H21N3O2/c1-14-6-5-7-15(12-14)20-19(23)21-17-13-22(10-11-24-2)18-9-4-3-8-16(17)18/h3-9,12-13H,10-11H2,1-2H3,(H2,20,21,23). The van der Waals surface area contributed by atoms with Gasteiger partial charge < -0.3 is 19.9 Å². The lowest BCUT2D eigenvalue weighted by Gasteiger charge is -2.07. The third-order valence-electron chi connectivity index (χ3n) is 3.85. The Morgan fingerprint density at radius 3 is 2.75 bits per heavy atom. The van der Waals surface area contributed by atoms with Crippen LogP contribution in [0, 0.1) is 6.92 Å². The summed E-state index contributed by atoms with van der Waals surface area (Å²) in [6.07, 6.45) is 1.94. The highest BCUT2D eigenvalue weighted by Crippen LogP contribution is 2.26. The van der Waals surface area contributed by atoms with Crippen LogP contribution in [0.15, 0.2) is 54.7 Å². The molecule has 0 aliphatic carbocycles. The molecule has 3 aromatic rings. The lowest BCUT2D eigenvalue weighted by Crippen LogP contribution is -2.19. The summed E-state index contributed by atoms with van der Waals surface area (Å²) in [6, 6.07) is 15.4. The van der Waals surface area contributed by atoms with E-state index in [4.69, 9.17) is 4.74 Å². The number of para-hydroxylation sites is 1. The second-order valence-corrected chi connectivity index (χ2v) is 5.69. The summed E-state index contributed by atoms with van der Waals surface area (Å²) in [5.41, 5.74) is 3.73. The maximum atomic E-state index is 12.3. The van der Waals surface area contributed by atoms with Gasteiger partial charge in [0.05, 0.1) is 17.8 Å². The first-order chi connectivity index (χ1) is 11.7. The Kier molecular flexibility index (Phi) is 4.82. The van der Waals surface area contributed by atoms with Gasteiger partial charge in [-0.15, -0.1) is 0 Å². The van der Waals surface area contributed by atoms with Crippen molar-refractivity contribution in [2.75, 3.05) is 24.4 Å². The Hall–Kier alpha value is -2.79. The van der Waals surface area contributed by atoms with Gasteiger partial charge in [0.15, 0.2) is 0 Å². The maximum absolute atomic E-state index is 12.3. The number of aryl methyl sites for hydroxylation is 1. The number of urea groups is 1. The Bertz CT molecular complexity index is 855. The number of aromatic nitrogens is 1. The van der Waals surface area contributed by atoms with Crippen LogP contribution in [-0.4, -0.2) is 24.3 Å². The van der Waals surface area contributed by atoms with Crippen LogP contribution in [0.25, 0.3) is 10.9 Å². The molecule has 1 heterocycles. The molecule has 2 aromatic carbocycles. The summed E-state index contributed by atoms with van der Waals surface area (Å²) in [4.78, 5) is 12.3. The van der Waals surface area contributed by atoms with Crippen molar-refractivity contribution >= 4 is 28.3 Å². The van der Waals surface area contributed by atoms with E-state index in [1.54, 1.807) is 7.11 Å². The zero-order chi connectivity index (χ0) is 16.9. The topological polar surface area (TPSA) is 55.3 Å². The fraction of sp³-hybridized carbons (Fsp3) is 0.211.